The normalized spacial score (nSPS) is 12.8. The molecule has 0 bridgehead atoms. The van der Waals surface area contributed by atoms with Crippen LogP contribution in [0.2, 0.25) is 0 Å². The SMILES string of the molecule is O=Cc1cc(Oc2ccc3c(c2)CCC3)ccc1[N+](=O)[O-]. The van der Waals surface area contributed by atoms with Crippen LogP contribution >= 0.6 is 0 Å². The largest absolute Gasteiger partial charge is 0.457 e. The second kappa shape index (κ2) is 5.36. The van der Waals surface area contributed by atoms with E-state index in [-0.39, 0.29) is 11.3 Å². The summed E-state index contributed by atoms with van der Waals surface area (Å²) in [5, 5.41) is 10.8. The maximum absolute atomic E-state index is 10.9. The van der Waals surface area contributed by atoms with Crippen molar-refractivity contribution in [3.63, 3.8) is 0 Å². The summed E-state index contributed by atoms with van der Waals surface area (Å²) in [6, 6.07) is 10.1. The van der Waals surface area contributed by atoms with Gasteiger partial charge in [0.1, 0.15) is 11.5 Å². The number of carbonyl (C=O) groups is 1. The first-order valence-corrected chi connectivity index (χ1v) is 6.70. The third-order valence-corrected chi connectivity index (χ3v) is 3.63. The summed E-state index contributed by atoms with van der Waals surface area (Å²) < 4.78 is 5.70. The van der Waals surface area contributed by atoms with Gasteiger partial charge in [-0.25, -0.2) is 0 Å². The first kappa shape index (κ1) is 13.3. The summed E-state index contributed by atoms with van der Waals surface area (Å²) in [7, 11) is 0. The maximum atomic E-state index is 10.9. The molecule has 106 valence electrons. The highest BCUT2D eigenvalue weighted by Gasteiger charge is 2.15. The number of hydrogen-bond donors (Lipinski definition) is 0. The van der Waals surface area contributed by atoms with Gasteiger partial charge in [0.05, 0.1) is 10.5 Å². The lowest BCUT2D eigenvalue weighted by molar-refractivity contribution is -0.385. The lowest BCUT2D eigenvalue weighted by Crippen LogP contribution is -1.95. The van der Waals surface area contributed by atoms with E-state index in [9.17, 15) is 14.9 Å². The number of aldehydes is 1. The molecule has 0 amide bonds. The lowest BCUT2D eigenvalue weighted by atomic mass is 10.1. The minimum Gasteiger partial charge on any atom is -0.457 e. The van der Waals surface area contributed by atoms with Crippen molar-refractivity contribution < 1.29 is 14.5 Å². The van der Waals surface area contributed by atoms with Crippen molar-refractivity contribution in [2.24, 2.45) is 0 Å². The molecule has 3 rings (SSSR count). The molecule has 5 heteroatoms. The van der Waals surface area contributed by atoms with Crippen LogP contribution in [0.3, 0.4) is 0 Å². The smallest absolute Gasteiger partial charge is 0.280 e. The van der Waals surface area contributed by atoms with Gasteiger partial charge in [0.2, 0.25) is 0 Å². The van der Waals surface area contributed by atoms with E-state index in [0.29, 0.717) is 17.8 Å². The van der Waals surface area contributed by atoms with Crippen molar-refractivity contribution in [2.45, 2.75) is 19.3 Å². The number of rotatable bonds is 4. The maximum Gasteiger partial charge on any atom is 0.280 e. The molecule has 1 aliphatic rings. The summed E-state index contributed by atoms with van der Waals surface area (Å²) in [4.78, 5) is 21.1. The highest BCUT2D eigenvalue weighted by atomic mass is 16.6. The molecule has 2 aromatic carbocycles. The Morgan fingerprint density at radius 2 is 1.76 bits per heavy atom. The molecule has 0 saturated heterocycles. The quantitative estimate of drug-likeness (QED) is 0.487. The molecular weight excluding hydrogens is 270 g/mol. The van der Waals surface area contributed by atoms with Gasteiger partial charge in [0.15, 0.2) is 6.29 Å². The molecule has 2 aromatic rings. The summed E-state index contributed by atoms with van der Waals surface area (Å²) in [6.45, 7) is 0. The van der Waals surface area contributed by atoms with Gasteiger partial charge >= 0.3 is 0 Å². The second-order valence-electron chi connectivity index (χ2n) is 4.98. The summed E-state index contributed by atoms with van der Waals surface area (Å²) in [5.41, 5.74) is 2.43. The van der Waals surface area contributed by atoms with Crippen molar-refractivity contribution in [1.82, 2.24) is 0 Å². The van der Waals surface area contributed by atoms with Crippen molar-refractivity contribution in [1.29, 1.82) is 0 Å². The van der Waals surface area contributed by atoms with Gasteiger partial charge in [-0.3, -0.25) is 14.9 Å². The standard InChI is InChI=1S/C16H13NO4/c18-10-13-9-15(6-7-16(13)17(19)20)21-14-5-4-11-2-1-3-12(11)8-14/h4-10H,1-3H2. The average Bonchev–Trinajstić information content (AvgIpc) is 2.94. The highest BCUT2D eigenvalue weighted by molar-refractivity contribution is 5.82. The minimum absolute atomic E-state index is 0.0126. The van der Waals surface area contributed by atoms with Crippen molar-refractivity contribution in [3.05, 3.63) is 63.2 Å². The van der Waals surface area contributed by atoms with E-state index < -0.39 is 4.92 Å². The molecule has 5 nitrogen and oxygen atoms in total. The van der Waals surface area contributed by atoms with Crippen LogP contribution in [-0.4, -0.2) is 11.2 Å². The van der Waals surface area contributed by atoms with Gasteiger partial charge < -0.3 is 4.74 Å². The first-order chi connectivity index (χ1) is 10.2. The number of nitrogens with zero attached hydrogens (tertiary/aromatic N) is 1. The second-order valence-corrected chi connectivity index (χ2v) is 4.98. The number of nitro benzene ring substituents is 1. The predicted octanol–water partition coefficient (Wildman–Crippen LogP) is 3.69. The van der Waals surface area contributed by atoms with E-state index in [2.05, 4.69) is 0 Å². The molecule has 0 fully saturated rings. The molecule has 1 aliphatic carbocycles. The van der Waals surface area contributed by atoms with Gasteiger partial charge in [-0.2, -0.15) is 0 Å². The van der Waals surface area contributed by atoms with E-state index >= 15 is 0 Å². The fourth-order valence-corrected chi connectivity index (χ4v) is 2.60. The number of aryl methyl sites for hydroxylation is 2. The van der Waals surface area contributed by atoms with Gasteiger partial charge in [0.25, 0.3) is 5.69 Å². The number of carbonyl (C=O) groups excluding carboxylic acids is 1. The molecule has 0 atom stereocenters. The first-order valence-electron chi connectivity index (χ1n) is 6.70. The van der Waals surface area contributed by atoms with Crippen LogP contribution in [0.1, 0.15) is 27.9 Å². The Hall–Kier alpha value is -2.69. The Balaban J connectivity index is 1.88. The summed E-state index contributed by atoms with van der Waals surface area (Å²) in [6.07, 6.45) is 3.77. The van der Waals surface area contributed by atoms with E-state index in [1.807, 2.05) is 18.2 Å². The van der Waals surface area contributed by atoms with Crippen LogP contribution in [-0.2, 0) is 12.8 Å². The topological polar surface area (TPSA) is 69.4 Å². The van der Waals surface area contributed by atoms with E-state index in [1.54, 1.807) is 0 Å². The number of nitro groups is 1. The summed E-state index contributed by atoms with van der Waals surface area (Å²) in [5.74, 6) is 1.10. The zero-order valence-electron chi connectivity index (χ0n) is 11.2. The molecule has 0 N–H and O–H groups in total. The van der Waals surface area contributed by atoms with Crippen LogP contribution in [0.4, 0.5) is 5.69 Å². The number of hydrogen-bond acceptors (Lipinski definition) is 4. The minimum atomic E-state index is -0.580. The molecule has 0 aromatic heterocycles. The highest BCUT2D eigenvalue weighted by Crippen LogP contribution is 2.30. The van der Waals surface area contributed by atoms with Crippen molar-refractivity contribution >= 4 is 12.0 Å². The predicted molar refractivity (Wildman–Crippen MR) is 77.0 cm³/mol. The van der Waals surface area contributed by atoms with E-state index in [0.717, 1.165) is 19.3 Å². The third kappa shape index (κ3) is 2.63. The Morgan fingerprint density at radius 3 is 2.52 bits per heavy atom. The van der Waals surface area contributed by atoms with Crippen LogP contribution < -0.4 is 4.74 Å². The monoisotopic (exact) mass is 283 g/mol. The third-order valence-electron chi connectivity index (χ3n) is 3.63. The molecule has 21 heavy (non-hydrogen) atoms. The fourth-order valence-electron chi connectivity index (χ4n) is 2.60. The van der Waals surface area contributed by atoms with Crippen molar-refractivity contribution in [3.8, 4) is 11.5 Å². The zero-order chi connectivity index (χ0) is 14.8. The van der Waals surface area contributed by atoms with Crippen LogP contribution in [0, 0.1) is 10.1 Å². The Morgan fingerprint density at radius 1 is 1.05 bits per heavy atom. The van der Waals surface area contributed by atoms with Crippen LogP contribution in [0.5, 0.6) is 11.5 Å². The van der Waals surface area contributed by atoms with E-state index in [4.69, 9.17) is 4.74 Å². The van der Waals surface area contributed by atoms with Crippen molar-refractivity contribution in [2.75, 3.05) is 0 Å². The molecule has 0 saturated carbocycles. The molecule has 0 spiro atoms. The van der Waals surface area contributed by atoms with Crippen LogP contribution in [0.15, 0.2) is 36.4 Å². The van der Waals surface area contributed by atoms with Gasteiger partial charge in [0, 0.05) is 6.07 Å². The average molecular weight is 283 g/mol. The Labute approximate surface area is 121 Å². The number of benzene rings is 2. The van der Waals surface area contributed by atoms with Gasteiger partial charge in [-0.1, -0.05) is 6.07 Å². The Kier molecular flexibility index (Phi) is 3.39. The molecule has 0 radical (unpaired) electrons. The molecular formula is C16H13NO4. The van der Waals surface area contributed by atoms with E-state index in [1.165, 1.54) is 29.3 Å². The Bertz CT molecular complexity index is 724. The molecule has 0 unspecified atom stereocenters. The van der Waals surface area contributed by atoms with Gasteiger partial charge in [-0.05, 0) is 54.7 Å². The molecule has 0 aliphatic heterocycles. The molecule has 0 heterocycles. The number of fused-ring (bicyclic) bond motifs is 1. The lowest BCUT2D eigenvalue weighted by Gasteiger charge is -2.08. The summed E-state index contributed by atoms with van der Waals surface area (Å²) >= 11 is 0. The van der Waals surface area contributed by atoms with Gasteiger partial charge in [-0.15, -0.1) is 0 Å². The van der Waals surface area contributed by atoms with Crippen LogP contribution in [0.25, 0.3) is 0 Å². The zero-order valence-corrected chi connectivity index (χ0v) is 11.2. The fraction of sp³-hybridized carbons (Fsp3) is 0.188. The number of ether oxygens (including phenoxy) is 1.